The highest BCUT2D eigenvalue weighted by atomic mass is 16.5. The molecule has 1 heterocycles. The van der Waals surface area contributed by atoms with E-state index in [9.17, 15) is 14.7 Å². The van der Waals surface area contributed by atoms with Crippen LogP contribution in [0, 0.1) is 0 Å². The number of aromatic hydroxyl groups is 1. The van der Waals surface area contributed by atoms with Crippen molar-refractivity contribution in [2.45, 2.75) is 12.5 Å². The fourth-order valence-electron chi connectivity index (χ4n) is 2.57. The van der Waals surface area contributed by atoms with E-state index in [1.165, 1.54) is 18.2 Å². The molecule has 118 valence electrons. The highest BCUT2D eigenvalue weighted by Gasteiger charge is 2.35. The van der Waals surface area contributed by atoms with Crippen LogP contribution in [-0.2, 0) is 16.0 Å². The van der Waals surface area contributed by atoms with E-state index in [1.54, 1.807) is 0 Å². The van der Waals surface area contributed by atoms with Gasteiger partial charge in [-0.1, -0.05) is 30.3 Å². The van der Waals surface area contributed by atoms with Gasteiger partial charge < -0.3 is 14.9 Å². The largest absolute Gasteiger partial charge is 0.508 e. The van der Waals surface area contributed by atoms with Crippen LogP contribution in [0.2, 0.25) is 0 Å². The smallest absolute Gasteiger partial charge is 0.323 e. The maximum absolute atomic E-state index is 12.6. The van der Waals surface area contributed by atoms with Gasteiger partial charge in [-0.2, -0.15) is 0 Å². The lowest BCUT2D eigenvalue weighted by Gasteiger charge is -2.33. The third kappa shape index (κ3) is 3.11. The van der Waals surface area contributed by atoms with Crippen molar-refractivity contribution in [1.29, 1.82) is 0 Å². The summed E-state index contributed by atoms with van der Waals surface area (Å²) < 4.78 is 5.72. The summed E-state index contributed by atoms with van der Waals surface area (Å²) in [6.07, 6.45) is -0.454. The Morgan fingerprint density at radius 1 is 1.17 bits per heavy atom. The van der Waals surface area contributed by atoms with Crippen molar-refractivity contribution in [3.63, 3.8) is 0 Å². The minimum absolute atomic E-state index is 0.0583. The van der Waals surface area contributed by atoms with E-state index in [4.69, 9.17) is 9.84 Å². The van der Waals surface area contributed by atoms with E-state index in [-0.39, 0.29) is 11.4 Å². The molecular weight excluding hydrogens is 298 g/mol. The monoisotopic (exact) mass is 313 g/mol. The lowest BCUT2D eigenvalue weighted by atomic mass is 10.0. The standard InChI is InChI=1S/C17H15NO5/c19-12-6-7-14-13(9-12)18(10-16(20)21)17(22)15(23-14)8-11-4-2-1-3-5-11/h1-7,9,15,19H,8,10H2,(H,20,21). The van der Waals surface area contributed by atoms with Gasteiger partial charge in [0, 0.05) is 12.5 Å². The number of phenols is 1. The minimum Gasteiger partial charge on any atom is -0.508 e. The molecule has 2 aromatic rings. The molecular formula is C17H15NO5. The highest BCUT2D eigenvalue weighted by Crippen LogP contribution is 2.37. The van der Waals surface area contributed by atoms with Gasteiger partial charge in [-0.25, -0.2) is 0 Å². The molecule has 1 atom stereocenters. The van der Waals surface area contributed by atoms with Crippen LogP contribution in [0.1, 0.15) is 5.56 Å². The summed E-state index contributed by atoms with van der Waals surface area (Å²) in [6, 6.07) is 13.7. The number of benzene rings is 2. The van der Waals surface area contributed by atoms with Crippen LogP contribution >= 0.6 is 0 Å². The first-order chi connectivity index (χ1) is 11.0. The first-order valence-corrected chi connectivity index (χ1v) is 7.11. The van der Waals surface area contributed by atoms with E-state index < -0.39 is 24.5 Å². The quantitative estimate of drug-likeness (QED) is 0.899. The van der Waals surface area contributed by atoms with Crippen LogP contribution in [0.3, 0.4) is 0 Å². The third-order valence-corrected chi connectivity index (χ3v) is 3.60. The van der Waals surface area contributed by atoms with Crippen molar-refractivity contribution in [1.82, 2.24) is 0 Å². The lowest BCUT2D eigenvalue weighted by Crippen LogP contribution is -2.48. The molecule has 1 unspecified atom stereocenters. The summed E-state index contributed by atoms with van der Waals surface area (Å²) in [7, 11) is 0. The first kappa shape index (κ1) is 14.9. The van der Waals surface area contributed by atoms with E-state index in [0.717, 1.165) is 10.5 Å². The molecule has 23 heavy (non-hydrogen) atoms. The predicted molar refractivity (Wildman–Crippen MR) is 82.7 cm³/mol. The zero-order valence-electron chi connectivity index (χ0n) is 12.2. The number of carboxylic acid groups (broad SMARTS) is 1. The van der Waals surface area contributed by atoms with Crippen molar-refractivity contribution < 1.29 is 24.5 Å². The molecule has 1 aliphatic heterocycles. The van der Waals surface area contributed by atoms with Gasteiger partial charge in [-0.15, -0.1) is 0 Å². The van der Waals surface area contributed by atoms with Gasteiger partial charge in [-0.05, 0) is 17.7 Å². The minimum atomic E-state index is -1.13. The topological polar surface area (TPSA) is 87.1 Å². The van der Waals surface area contributed by atoms with E-state index >= 15 is 0 Å². The first-order valence-electron chi connectivity index (χ1n) is 7.11. The predicted octanol–water partition coefficient (Wildman–Crippen LogP) is 1.81. The van der Waals surface area contributed by atoms with Crippen LogP contribution in [0.5, 0.6) is 11.5 Å². The Labute approximate surface area is 132 Å². The fraction of sp³-hybridized carbons (Fsp3) is 0.176. The third-order valence-electron chi connectivity index (χ3n) is 3.60. The van der Waals surface area contributed by atoms with Crippen LogP contribution in [-0.4, -0.2) is 34.7 Å². The molecule has 2 N–H and O–H groups in total. The molecule has 0 spiro atoms. The zero-order valence-corrected chi connectivity index (χ0v) is 12.2. The summed E-state index contributed by atoms with van der Waals surface area (Å²) in [5, 5.41) is 18.6. The number of hydrogen-bond donors (Lipinski definition) is 2. The number of rotatable bonds is 4. The number of amides is 1. The summed E-state index contributed by atoms with van der Waals surface area (Å²) >= 11 is 0. The molecule has 1 amide bonds. The second kappa shape index (κ2) is 6.00. The maximum atomic E-state index is 12.6. The molecule has 0 aliphatic carbocycles. The van der Waals surface area contributed by atoms with Gasteiger partial charge in [0.25, 0.3) is 5.91 Å². The number of fused-ring (bicyclic) bond motifs is 1. The second-order valence-electron chi connectivity index (χ2n) is 5.27. The van der Waals surface area contributed by atoms with Crippen molar-refractivity contribution in [2.24, 2.45) is 0 Å². The summed E-state index contributed by atoms with van der Waals surface area (Å²) in [6.45, 7) is -0.482. The SMILES string of the molecule is O=C(O)CN1C(=O)C(Cc2ccccc2)Oc2ccc(O)cc21. The summed E-state index contributed by atoms with van der Waals surface area (Å²) in [5.41, 5.74) is 1.19. The van der Waals surface area contributed by atoms with Gasteiger partial charge in [0.2, 0.25) is 0 Å². The molecule has 0 aromatic heterocycles. The van der Waals surface area contributed by atoms with Gasteiger partial charge >= 0.3 is 5.97 Å². The maximum Gasteiger partial charge on any atom is 0.323 e. The van der Waals surface area contributed by atoms with Crippen molar-refractivity contribution in [2.75, 3.05) is 11.4 Å². The molecule has 0 radical (unpaired) electrons. The van der Waals surface area contributed by atoms with Gasteiger partial charge in [0.1, 0.15) is 18.0 Å². The molecule has 3 rings (SSSR count). The molecule has 1 aliphatic rings. The summed E-state index contributed by atoms with van der Waals surface area (Å²) in [5.74, 6) is -1.25. The van der Waals surface area contributed by atoms with Crippen molar-refractivity contribution in [3.05, 3.63) is 54.1 Å². The average molecular weight is 313 g/mol. The van der Waals surface area contributed by atoms with E-state index in [0.29, 0.717) is 12.2 Å². The highest BCUT2D eigenvalue weighted by molar-refractivity contribution is 6.03. The number of anilines is 1. The number of nitrogens with zero attached hydrogens (tertiary/aromatic N) is 1. The Bertz CT molecular complexity index is 744. The Hall–Kier alpha value is -3.02. The van der Waals surface area contributed by atoms with Crippen LogP contribution < -0.4 is 9.64 Å². The fourth-order valence-corrected chi connectivity index (χ4v) is 2.57. The van der Waals surface area contributed by atoms with Gasteiger partial charge in [-0.3, -0.25) is 14.5 Å². The normalized spacial score (nSPS) is 16.6. The number of hydrogen-bond acceptors (Lipinski definition) is 4. The second-order valence-corrected chi connectivity index (χ2v) is 5.27. The zero-order chi connectivity index (χ0) is 16.4. The van der Waals surface area contributed by atoms with Crippen molar-refractivity contribution >= 4 is 17.6 Å². The Kier molecular flexibility index (Phi) is 3.89. The average Bonchev–Trinajstić information content (AvgIpc) is 2.53. The number of carbonyl (C=O) groups is 2. The van der Waals surface area contributed by atoms with Crippen LogP contribution in [0.15, 0.2) is 48.5 Å². The Morgan fingerprint density at radius 2 is 1.91 bits per heavy atom. The van der Waals surface area contributed by atoms with E-state index in [2.05, 4.69) is 0 Å². The molecule has 6 heteroatoms. The van der Waals surface area contributed by atoms with Crippen LogP contribution in [0.25, 0.3) is 0 Å². The number of aliphatic carboxylic acids is 1. The molecule has 2 aromatic carbocycles. The lowest BCUT2D eigenvalue weighted by molar-refractivity contribution is -0.137. The van der Waals surface area contributed by atoms with E-state index in [1.807, 2.05) is 30.3 Å². The number of carbonyl (C=O) groups excluding carboxylic acids is 1. The van der Waals surface area contributed by atoms with Gasteiger partial charge in [0.15, 0.2) is 6.10 Å². The Balaban J connectivity index is 1.94. The molecule has 0 saturated carbocycles. The molecule has 0 fully saturated rings. The molecule has 6 nitrogen and oxygen atoms in total. The number of carboxylic acids is 1. The Morgan fingerprint density at radius 3 is 2.61 bits per heavy atom. The van der Waals surface area contributed by atoms with Crippen LogP contribution in [0.4, 0.5) is 5.69 Å². The number of phenolic OH excluding ortho intramolecular Hbond substituents is 1. The molecule has 0 bridgehead atoms. The van der Waals surface area contributed by atoms with Gasteiger partial charge in [0.05, 0.1) is 5.69 Å². The van der Waals surface area contributed by atoms with Crippen molar-refractivity contribution in [3.8, 4) is 11.5 Å². The summed E-state index contributed by atoms with van der Waals surface area (Å²) in [4.78, 5) is 24.8. The molecule has 0 saturated heterocycles. The number of ether oxygens (including phenoxy) is 1.